The largest absolute Gasteiger partial charge is 0.360 e. The molecule has 17 heavy (non-hydrogen) atoms. The number of hydrogen-bond donors (Lipinski definition) is 1. The van der Waals surface area contributed by atoms with Gasteiger partial charge in [0.25, 0.3) is 0 Å². The molecule has 3 rings (SSSR count). The molecule has 0 saturated heterocycles. The Kier molecular flexibility index (Phi) is 2.30. The van der Waals surface area contributed by atoms with Gasteiger partial charge in [-0.1, -0.05) is 0 Å². The summed E-state index contributed by atoms with van der Waals surface area (Å²) < 4.78 is 0. The number of aldehydes is 1. The minimum Gasteiger partial charge on any atom is -0.360 e. The Morgan fingerprint density at radius 1 is 1.41 bits per heavy atom. The summed E-state index contributed by atoms with van der Waals surface area (Å²) in [7, 11) is 0. The highest BCUT2D eigenvalue weighted by Crippen LogP contribution is 2.30. The summed E-state index contributed by atoms with van der Waals surface area (Å²) >= 11 is 1.50. The van der Waals surface area contributed by atoms with E-state index >= 15 is 0 Å². The number of aryl methyl sites for hydroxylation is 1. The van der Waals surface area contributed by atoms with Crippen LogP contribution in [-0.4, -0.2) is 16.3 Å². The van der Waals surface area contributed by atoms with Crippen LogP contribution < -0.4 is 0 Å². The third kappa shape index (κ3) is 1.66. The molecule has 0 unspecified atom stereocenters. The fraction of sp³-hybridized carbons (Fsp3) is 0.0769. The average molecular weight is 242 g/mol. The third-order valence-electron chi connectivity index (χ3n) is 2.77. The summed E-state index contributed by atoms with van der Waals surface area (Å²) in [5.74, 6) is 0. The molecule has 1 N–H and O–H groups in total. The highest BCUT2D eigenvalue weighted by Gasteiger charge is 2.09. The number of rotatable bonds is 2. The van der Waals surface area contributed by atoms with E-state index in [9.17, 15) is 4.79 Å². The molecule has 0 saturated carbocycles. The third-order valence-corrected chi connectivity index (χ3v) is 3.74. The summed E-state index contributed by atoms with van der Waals surface area (Å²) in [6.45, 7) is 2.01. The Morgan fingerprint density at radius 2 is 2.29 bits per heavy atom. The molecule has 0 aliphatic heterocycles. The van der Waals surface area contributed by atoms with Crippen LogP contribution in [0.5, 0.6) is 0 Å². The molecule has 0 atom stereocenters. The number of carbonyl (C=O) groups is 1. The molecule has 0 aliphatic carbocycles. The van der Waals surface area contributed by atoms with Gasteiger partial charge in [-0.3, -0.25) is 9.78 Å². The number of nitrogens with zero attached hydrogens (tertiary/aromatic N) is 1. The fourth-order valence-corrected chi connectivity index (χ4v) is 2.77. The molecule has 0 aliphatic rings. The van der Waals surface area contributed by atoms with Crippen LogP contribution >= 0.6 is 11.3 Å². The molecule has 3 heterocycles. The van der Waals surface area contributed by atoms with Crippen molar-refractivity contribution in [1.82, 2.24) is 9.97 Å². The zero-order valence-corrected chi connectivity index (χ0v) is 10.0. The van der Waals surface area contributed by atoms with Gasteiger partial charge in [0.1, 0.15) is 0 Å². The van der Waals surface area contributed by atoms with Crippen LogP contribution in [0.3, 0.4) is 0 Å². The van der Waals surface area contributed by atoms with Crippen LogP contribution in [0.4, 0.5) is 0 Å². The standard InChI is InChI=1S/C13H10N2OS/c1-8-11(5-10(7-16)17-8)12-4-9-2-3-14-13(9)6-15-12/h2-7,14H,1H3. The Balaban J connectivity index is 2.18. The molecular weight excluding hydrogens is 232 g/mol. The molecule has 3 aromatic heterocycles. The van der Waals surface area contributed by atoms with Gasteiger partial charge in [-0.2, -0.15) is 0 Å². The number of pyridine rings is 1. The smallest absolute Gasteiger partial charge is 0.160 e. The van der Waals surface area contributed by atoms with E-state index in [2.05, 4.69) is 9.97 Å². The molecule has 0 aromatic carbocycles. The van der Waals surface area contributed by atoms with Crippen molar-refractivity contribution in [2.75, 3.05) is 0 Å². The van der Waals surface area contributed by atoms with E-state index < -0.39 is 0 Å². The van der Waals surface area contributed by atoms with Crippen molar-refractivity contribution in [2.45, 2.75) is 6.92 Å². The number of thiophene rings is 1. The van der Waals surface area contributed by atoms with Crippen molar-refractivity contribution < 1.29 is 4.79 Å². The highest BCUT2D eigenvalue weighted by molar-refractivity contribution is 7.14. The second kappa shape index (κ2) is 3.82. The first-order valence-electron chi connectivity index (χ1n) is 5.27. The topological polar surface area (TPSA) is 45.8 Å². The quantitative estimate of drug-likeness (QED) is 0.700. The van der Waals surface area contributed by atoms with Gasteiger partial charge in [-0.15, -0.1) is 11.3 Å². The normalized spacial score (nSPS) is 10.9. The maximum absolute atomic E-state index is 10.8. The summed E-state index contributed by atoms with van der Waals surface area (Å²) in [6, 6.07) is 5.95. The number of carbonyl (C=O) groups excluding carboxylic acids is 1. The van der Waals surface area contributed by atoms with Crippen molar-refractivity contribution in [3.8, 4) is 11.3 Å². The molecule has 3 aromatic rings. The minimum absolute atomic E-state index is 0.744. The molecule has 0 radical (unpaired) electrons. The number of fused-ring (bicyclic) bond motifs is 1. The van der Waals surface area contributed by atoms with Crippen molar-refractivity contribution in [1.29, 1.82) is 0 Å². The highest BCUT2D eigenvalue weighted by atomic mass is 32.1. The zero-order valence-electron chi connectivity index (χ0n) is 9.23. The molecule has 0 amide bonds. The van der Waals surface area contributed by atoms with Crippen molar-refractivity contribution in [3.05, 3.63) is 40.3 Å². The maximum Gasteiger partial charge on any atom is 0.160 e. The van der Waals surface area contributed by atoms with E-state index in [4.69, 9.17) is 0 Å². The van der Waals surface area contributed by atoms with Crippen molar-refractivity contribution in [2.24, 2.45) is 0 Å². The van der Waals surface area contributed by atoms with Crippen LogP contribution in [0.2, 0.25) is 0 Å². The molecule has 0 bridgehead atoms. The first-order chi connectivity index (χ1) is 8.28. The first-order valence-corrected chi connectivity index (χ1v) is 6.08. The van der Waals surface area contributed by atoms with Crippen LogP contribution in [0, 0.1) is 6.92 Å². The van der Waals surface area contributed by atoms with Crippen molar-refractivity contribution >= 4 is 28.5 Å². The van der Waals surface area contributed by atoms with Crippen LogP contribution in [0.15, 0.2) is 30.6 Å². The number of nitrogens with one attached hydrogen (secondary N) is 1. The van der Waals surface area contributed by atoms with Crippen molar-refractivity contribution in [3.63, 3.8) is 0 Å². The van der Waals surface area contributed by atoms with E-state index in [1.165, 1.54) is 11.3 Å². The van der Waals surface area contributed by atoms with E-state index in [0.717, 1.165) is 38.2 Å². The average Bonchev–Trinajstić information content (AvgIpc) is 2.93. The summed E-state index contributed by atoms with van der Waals surface area (Å²) in [5, 5.41) is 1.13. The number of hydrogen-bond acceptors (Lipinski definition) is 3. The Labute approximate surface area is 102 Å². The second-order valence-corrected chi connectivity index (χ2v) is 5.16. The minimum atomic E-state index is 0.744. The van der Waals surface area contributed by atoms with Gasteiger partial charge in [-0.05, 0) is 25.1 Å². The number of aromatic amines is 1. The Bertz CT molecular complexity index is 696. The maximum atomic E-state index is 10.8. The number of aromatic nitrogens is 2. The SMILES string of the molecule is Cc1sc(C=O)cc1-c1cc2cc[nH]c2cn1. The fourth-order valence-electron chi connectivity index (χ4n) is 1.92. The molecule has 4 heteroatoms. The predicted octanol–water partition coefficient (Wildman–Crippen LogP) is 3.41. The van der Waals surface area contributed by atoms with Gasteiger partial charge in [0, 0.05) is 22.0 Å². The van der Waals surface area contributed by atoms with Gasteiger partial charge < -0.3 is 4.98 Å². The Hall–Kier alpha value is -1.94. The molecule has 0 fully saturated rings. The lowest BCUT2D eigenvalue weighted by atomic mass is 10.1. The van der Waals surface area contributed by atoms with Crippen LogP contribution in [-0.2, 0) is 0 Å². The lowest BCUT2D eigenvalue weighted by molar-refractivity contribution is 0.112. The summed E-state index contributed by atoms with van der Waals surface area (Å²) in [4.78, 5) is 20.2. The van der Waals surface area contributed by atoms with Gasteiger partial charge in [-0.25, -0.2) is 0 Å². The first kappa shape index (κ1) is 10.2. The number of H-pyrrole nitrogens is 1. The van der Waals surface area contributed by atoms with E-state index in [0.29, 0.717) is 0 Å². The monoisotopic (exact) mass is 242 g/mol. The lowest BCUT2D eigenvalue weighted by Crippen LogP contribution is -1.82. The predicted molar refractivity (Wildman–Crippen MR) is 69.5 cm³/mol. The molecule has 0 spiro atoms. The van der Waals surface area contributed by atoms with Gasteiger partial charge in [0.2, 0.25) is 0 Å². The van der Waals surface area contributed by atoms with E-state index in [1.54, 1.807) is 0 Å². The molecular formula is C13H10N2OS. The van der Waals surface area contributed by atoms with E-state index in [-0.39, 0.29) is 0 Å². The van der Waals surface area contributed by atoms with Crippen LogP contribution in [0.25, 0.3) is 22.2 Å². The van der Waals surface area contributed by atoms with E-state index in [1.807, 2.05) is 37.5 Å². The second-order valence-electron chi connectivity index (χ2n) is 3.87. The van der Waals surface area contributed by atoms with Gasteiger partial charge in [0.05, 0.1) is 22.3 Å². The summed E-state index contributed by atoms with van der Waals surface area (Å²) in [6.07, 6.45) is 4.60. The molecule has 84 valence electrons. The summed E-state index contributed by atoms with van der Waals surface area (Å²) in [5.41, 5.74) is 2.98. The lowest BCUT2D eigenvalue weighted by Gasteiger charge is -1.99. The van der Waals surface area contributed by atoms with Crippen LogP contribution in [0.1, 0.15) is 14.5 Å². The van der Waals surface area contributed by atoms with Gasteiger partial charge in [0.15, 0.2) is 6.29 Å². The van der Waals surface area contributed by atoms with Gasteiger partial charge >= 0.3 is 0 Å². The Morgan fingerprint density at radius 3 is 3.06 bits per heavy atom. The molecule has 3 nitrogen and oxygen atoms in total. The zero-order chi connectivity index (χ0) is 11.8.